The second-order valence-corrected chi connectivity index (χ2v) is 5.54. The number of hydrogen-bond acceptors (Lipinski definition) is 5. The first kappa shape index (κ1) is 14.7. The van der Waals surface area contributed by atoms with Gasteiger partial charge >= 0.3 is 11.9 Å². The molecule has 2 unspecified atom stereocenters. The van der Waals surface area contributed by atoms with Crippen LogP contribution in [0, 0.1) is 11.3 Å². The van der Waals surface area contributed by atoms with E-state index in [-0.39, 0.29) is 18.8 Å². The number of rotatable bonds is 4. The summed E-state index contributed by atoms with van der Waals surface area (Å²) in [6.45, 7) is 8.39. The molecule has 102 valence electrons. The normalized spacial score (nSPS) is 26.4. The Labute approximate surface area is 107 Å². The highest BCUT2D eigenvalue weighted by Gasteiger charge is 2.69. The fourth-order valence-electron chi connectivity index (χ4n) is 1.92. The molecule has 0 aliphatic heterocycles. The molecule has 0 aromatic heterocycles. The van der Waals surface area contributed by atoms with Crippen molar-refractivity contribution in [1.29, 1.82) is 0 Å². The van der Waals surface area contributed by atoms with Crippen molar-refractivity contribution in [3.63, 3.8) is 0 Å². The summed E-state index contributed by atoms with van der Waals surface area (Å²) >= 11 is 0. The smallest absolute Gasteiger partial charge is 0.321 e. The zero-order valence-corrected chi connectivity index (χ0v) is 11.5. The first-order valence-electron chi connectivity index (χ1n) is 6.06. The Morgan fingerprint density at radius 1 is 1.28 bits per heavy atom. The summed E-state index contributed by atoms with van der Waals surface area (Å²) in [5.41, 5.74) is -2.00. The first-order chi connectivity index (χ1) is 8.15. The number of carbonyl (C=O) groups is 3. The van der Waals surface area contributed by atoms with Gasteiger partial charge in [-0.15, -0.1) is 0 Å². The van der Waals surface area contributed by atoms with Crippen LogP contribution in [0.4, 0.5) is 0 Å². The van der Waals surface area contributed by atoms with E-state index in [0.29, 0.717) is 0 Å². The minimum atomic E-state index is -1.32. The summed E-state index contributed by atoms with van der Waals surface area (Å²) in [5.74, 6) is -2.15. The predicted octanol–water partition coefficient (Wildman–Crippen LogP) is 1.49. The van der Waals surface area contributed by atoms with E-state index in [2.05, 4.69) is 0 Å². The molecule has 18 heavy (non-hydrogen) atoms. The zero-order chi connectivity index (χ0) is 14.1. The van der Waals surface area contributed by atoms with Crippen LogP contribution in [0.5, 0.6) is 0 Å². The fourth-order valence-corrected chi connectivity index (χ4v) is 1.92. The van der Waals surface area contributed by atoms with Crippen LogP contribution in [0.1, 0.15) is 41.0 Å². The van der Waals surface area contributed by atoms with Crippen molar-refractivity contribution in [2.24, 2.45) is 11.3 Å². The van der Waals surface area contributed by atoms with Crippen molar-refractivity contribution in [2.45, 2.75) is 46.6 Å². The second kappa shape index (κ2) is 4.71. The summed E-state index contributed by atoms with van der Waals surface area (Å²) < 4.78 is 10.1. The standard InChI is InChI=1S/C13H20O5/c1-6-17-10(15)9-7-13(9,8(2)14)11(16)18-12(3,4)5/h9H,6-7H2,1-5H3. The van der Waals surface area contributed by atoms with E-state index in [1.165, 1.54) is 6.92 Å². The van der Waals surface area contributed by atoms with Crippen molar-refractivity contribution in [2.75, 3.05) is 6.61 Å². The van der Waals surface area contributed by atoms with Crippen molar-refractivity contribution >= 4 is 17.7 Å². The molecule has 1 saturated carbocycles. The van der Waals surface area contributed by atoms with Crippen molar-refractivity contribution in [3.8, 4) is 0 Å². The minimum absolute atomic E-state index is 0.191. The molecule has 0 spiro atoms. The second-order valence-electron chi connectivity index (χ2n) is 5.54. The van der Waals surface area contributed by atoms with Crippen molar-refractivity contribution in [3.05, 3.63) is 0 Å². The molecule has 1 rings (SSSR count). The van der Waals surface area contributed by atoms with Gasteiger partial charge in [-0.1, -0.05) is 0 Å². The van der Waals surface area contributed by atoms with Gasteiger partial charge in [0.05, 0.1) is 12.5 Å². The average Bonchev–Trinajstić information content (AvgIpc) is 2.91. The first-order valence-corrected chi connectivity index (χ1v) is 6.06. The topological polar surface area (TPSA) is 69.7 Å². The Bertz CT molecular complexity index is 379. The lowest BCUT2D eigenvalue weighted by atomic mass is 9.98. The Morgan fingerprint density at radius 3 is 2.22 bits per heavy atom. The summed E-state index contributed by atoms with van der Waals surface area (Å²) in [7, 11) is 0. The van der Waals surface area contributed by atoms with Crippen LogP contribution in [-0.4, -0.2) is 29.9 Å². The summed E-state index contributed by atoms with van der Waals surface area (Å²) in [4.78, 5) is 35.3. The largest absolute Gasteiger partial charge is 0.466 e. The molecule has 5 nitrogen and oxygen atoms in total. The molecule has 0 radical (unpaired) electrons. The Morgan fingerprint density at radius 2 is 1.83 bits per heavy atom. The van der Waals surface area contributed by atoms with E-state index in [1.807, 2.05) is 0 Å². The predicted molar refractivity (Wildman–Crippen MR) is 63.7 cm³/mol. The van der Waals surface area contributed by atoms with Gasteiger partial charge < -0.3 is 9.47 Å². The number of Topliss-reactive ketones (excluding diaryl/α,β-unsaturated/α-hetero) is 1. The van der Waals surface area contributed by atoms with Crippen LogP contribution in [0.25, 0.3) is 0 Å². The average molecular weight is 256 g/mol. The highest BCUT2D eigenvalue weighted by molar-refractivity contribution is 6.10. The van der Waals surface area contributed by atoms with Crippen LogP contribution >= 0.6 is 0 Å². The van der Waals surface area contributed by atoms with E-state index in [0.717, 1.165) is 0 Å². The maximum atomic E-state index is 12.1. The number of carbonyl (C=O) groups excluding carboxylic acids is 3. The molecule has 1 fully saturated rings. The molecular formula is C13H20O5. The van der Waals surface area contributed by atoms with Crippen LogP contribution in [0.15, 0.2) is 0 Å². The Hall–Kier alpha value is -1.39. The monoisotopic (exact) mass is 256 g/mol. The van der Waals surface area contributed by atoms with Gasteiger partial charge in [-0.2, -0.15) is 0 Å². The third kappa shape index (κ3) is 2.71. The van der Waals surface area contributed by atoms with E-state index >= 15 is 0 Å². The molecule has 0 bridgehead atoms. The molecule has 2 atom stereocenters. The van der Waals surface area contributed by atoms with Crippen LogP contribution in [0.3, 0.4) is 0 Å². The molecule has 0 amide bonds. The molecule has 0 N–H and O–H groups in total. The van der Waals surface area contributed by atoms with Crippen molar-refractivity contribution < 1.29 is 23.9 Å². The quantitative estimate of drug-likeness (QED) is 0.563. The lowest BCUT2D eigenvalue weighted by Crippen LogP contribution is -2.35. The van der Waals surface area contributed by atoms with Gasteiger partial charge in [0.2, 0.25) is 0 Å². The minimum Gasteiger partial charge on any atom is -0.466 e. The van der Waals surface area contributed by atoms with E-state index in [9.17, 15) is 14.4 Å². The Balaban J connectivity index is 2.84. The van der Waals surface area contributed by atoms with Gasteiger partial charge in [-0.05, 0) is 41.0 Å². The molecular weight excluding hydrogens is 236 g/mol. The van der Waals surface area contributed by atoms with Gasteiger partial charge in [-0.25, -0.2) is 0 Å². The molecule has 1 aliphatic rings. The molecule has 0 saturated heterocycles. The molecule has 0 aromatic carbocycles. The fraction of sp³-hybridized carbons (Fsp3) is 0.769. The Kier molecular flexibility index (Phi) is 3.84. The van der Waals surface area contributed by atoms with Crippen LogP contribution < -0.4 is 0 Å². The third-order valence-electron chi connectivity index (χ3n) is 2.92. The van der Waals surface area contributed by atoms with Gasteiger partial charge in [-0.3, -0.25) is 14.4 Å². The summed E-state index contributed by atoms with van der Waals surface area (Å²) in [5, 5.41) is 0. The SMILES string of the molecule is CCOC(=O)C1CC1(C(C)=O)C(=O)OC(C)(C)C. The molecule has 5 heteroatoms. The zero-order valence-electron chi connectivity index (χ0n) is 11.5. The maximum Gasteiger partial charge on any atom is 0.321 e. The lowest BCUT2D eigenvalue weighted by molar-refractivity contribution is -0.167. The number of ether oxygens (including phenoxy) is 2. The number of hydrogen-bond donors (Lipinski definition) is 0. The van der Waals surface area contributed by atoms with Gasteiger partial charge in [0.25, 0.3) is 0 Å². The summed E-state index contributed by atoms with van der Waals surface area (Å²) in [6.07, 6.45) is 0.191. The van der Waals surface area contributed by atoms with Gasteiger partial charge in [0, 0.05) is 0 Å². The van der Waals surface area contributed by atoms with Gasteiger partial charge in [0.15, 0.2) is 0 Å². The number of esters is 2. The van der Waals surface area contributed by atoms with Gasteiger partial charge in [0.1, 0.15) is 16.8 Å². The number of ketones is 1. The van der Waals surface area contributed by atoms with E-state index in [4.69, 9.17) is 9.47 Å². The molecule has 1 aliphatic carbocycles. The van der Waals surface area contributed by atoms with Crippen molar-refractivity contribution in [1.82, 2.24) is 0 Å². The van der Waals surface area contributed by atoms with Crippen LogP contribution in [0.2, 0.25) is 0 Å². The highest BCUT2D eigenvalue weighted by Crippen LogP contribution is 2.55. The lowest BCUT2D eigenvalue weighted by Gasteiger charge is -2.23. The van der Waals surface area contributed by atoms with E-state index < -0.39 is 28.9 Å². The molecule has 0 aromatic rings. The highest BCUT2D eigenvalue weighted by atomic mass is 16.6. The van der Waals surface area contributed by atoms with Crippen LogP contribution in [-0.2, 0) is 23.9 Å². The maximum absolute atomic E-state index is 12.1. The third-order valence-corrected chi connectivity index (χ3v) is 2.92. The summed E-state index contributed by atoms with van der Waals surface area (Å²) in [6, 6.07) is 0. The molecule has 0 heterocycles. The van der Waals surface area contributed by atoms with E-state index in [1.54, 1.807) is 27.7 Å².